The van der Waals surface area contributed by atoms with Crippen molar-refractivity contribution < 1.29 is 14.0 Å². The van der Waals surface area contributed by atoms with Gasteiger partial charge >= 0.3 is 0 Å². The molecule has 0 radical (unpaired) electrons. The predicted octanol–water partition coefficient (Wildman–Crippen LogP) is 2.43. The summed E-state index contributed by atoms with van der Waals surface area (Å²) in [5, 5.41) is 0. The van der Waals surface area contributed by atoms with Crippen LogP contribution in [0.15, 0.2) is 16.7 Å². The van der Waals surface area contributed by atoms with Crippen LogP contribution in [0.3, 0.4) is 0 Å². The van der Waals surface area contributed by atoms with Crippen LogP contribution in [0.2, 0.25) is 0 Å². The minimum atomic E-state index is -0.0000472. The van der Waals surface area contributed by atoms with E-state index in [0.29, 0.717) is 30.6 Å². The fraction of sp³-hybridized carbons (Fsp3) is 0.571. The molecule has 4 nitrogen and oxygen atoms in total. The molecule has 0 aliphatic heterocycles. The highest BCUT2D eigenvalue weighted by atomic mass is 16.3. The van der Waals surface area contributed by atoms with Crippen molar-refractivity contribution in [3.63, 3.8) is 0 Å². The minimum Gasteiger partial charge on any atom is -0.469 e. The van der Waals surface area contributed by atoms with E-state index in [1.54, 1.807) is 17.2 Å². The zero-order valence-corrected chi connectivity index (χ0v) is 10.9. The average Bonchev–Trinajstić information content (AvgIpc) is 2.86. The van der Waals surface area contributed by atoms with E-state index < -0.39 is 0 Å². The first-order valence-corrected chi connectivity index (χ1v) is 6.48. The Labute approximate surface area is 107 Å². The monoisotopic (exact) mass is 249 g/mol. The number of hydrogen-bond donors (Lipinski definition) is 0. The molecule has 1 heterocycles. The SMILES string of the molecule is CCc1occc1C(=O)N(C)C1CCC(=O)CC1. The summed E-state index contributed by atoms with van der Waals surface area (Å²) in [6.45, 7) is 1.97. The molecule has 0 saturated heterocycles. The molecule has 1 aliphatic rings. The van der Waals surface area contributed by atoms with Crippen molar-refractivity contribution in [2.75, 3.05) is 7.05 Å². The number of aryl methyl sites for hydroxylation is 1. The first kappa shape index (κ1) is 12.9. The van der Waals surface area contributed by atoms with Gasteiger partial charge in [0.05, 0.1) is 11.8 Å². The van der Waals surface area contributed by atoms with E-state index in [4.69, 9.17) is 4.42 Å². The fourth-order valence-corrected chi connectivity index (χ4v) is 2.47. The largest absolute Gasteiger partial charge is 0.469 e. The van der Waals surface area contributed by atoms with Crippen LogP contribution in [0.25, 0.3) is 0 Å². The van der Waals surface area contributed by atoms with Gasteiger partial charge in [-0.3, -0.25) is 9.59 Å². The average molecular weight is 249 g/mol. The molecule has 1 aliphatic carbocycles. The number of amides is 1. The lowest BCUT2D eigenvalue weighted by molar-refractivity contribution is -0.121. The lowest BCUT2D eigenvalue weighted by atomic mass is 9.93. The first-order chi connectivity index (χ1) is 8.63. The third-order valence-electron chi connectivity index (χ3n) is 3.68. The predicted molar refractivity (Wildman–Crippen MR) is 67.4 cm³/mol. The van der Waals surface area contributed by atoms with Gasteiger partial charge in [-0.05, 0) is 18.9 Å². The number of furan rings is 1. The molecule has 1 aromatic rings. The number of nitrogens with zero attached hydrogens (tertiary/aromatic N) is 1. The molecule has 0 atom stereocenters. The van der Waals surface area contributed by atoms with Crippen molar-refractivity contribution in [1.82, 2.24) is 4.90 Å². The van der Waals surface area contributed by atoms with Crippen molar-refractivity contribution in [3.8, 4) is 0 Å². The Hall–Kier alpha value is -1.58. The van der Waals surface area contributed by atoms with Crippen LogP contribution in [-0.2, 0) is 11.2 Å². The van der Waals surface area contributed by atoms with Gasteiger partial charge in [0, 0.05) is 32.4 Å². The number of carbonyl (C=O) groups is 2. The summed E-state index contributed by atoms with van der Waals surface area (Å²) in [5.41, 5.74) is 0.650. The summed E-state index contributed by atoms with van der Waals surface area (Å²) in [7, 11) is 1.81. The van der Waals surface area contributed by atoms with E-state index in [1.807, 2.05) is 14.0 Å². The number of rotatable bonds is 3. The van der Waals surface area contributed by atoms with Gasteiger partial charge in [0.1, 0.15) is 11.5 Å². The molecule has 0 aromatic carbocycles. The standard InChI is InChI=1S/C14H19NO3/c1-3-13-12(8-9-18-13)14(17)15(2)10-4-6-11(16)7-5-10/h8-10H,3-7H2,1-2H3. The summed E-state index contributed by atoms with van der Waals surface area (Å²) in [6, 6.07) is 1.90. The second-order valence-electron chi connectivity index (χ2n) is 4.80. The minimum absolute atomic E-state index is 0.0000472. The van der Waals surface area contributed by atoms with Crippen LogP contribution >= 0.6 is 0 Å². The fourth-order valence-electron chi connectivity index (χ4n) is 2.47. The topological polar surface area (TPSA) is 50.5 Å². The summed E-state index contributed by atoms with van der Waals surface area (Å²) in [4.78, 5) is 25.3. The number of Topliss-reactive ketones (excluding diaryl/α,β-unsaturated/α-hetero) is 1. The van der Waals surface area contributed by atoms with Crippen molar-refractivity contribution in [3.05, 3.63) is 23.7 Å². The lowest BCUT2D eigenvalue weighted by Gasteiger charge is -2.30. The number of carbonyl (C=O) groups excluding carboxylic acids is 2. The molecule has 1 saturated carbocycles. The molecule has 1 fully saturated rings. The summed E-state index contributed by atoms with van der Waals surface area (Å²) < 4.78 is 5.29. The maximum Gasteiger partial charge on any atom is 0.257 e. The van der Waals surface area contributed by atoms with Crippen LogP contribution in [0.1, 0.15) is 48.7 Å². The summed E-state index contributed by atoms with van der Waals surface area (Å²) in [5.74, 6) is 1.04. The second kappa shape index (κ2) is 5.38. The van der Waals surface area contributed by atoms with E-state index in [-0.39, 0.29) is 11.9 Å². The van der Waals surface area contributed by atoms with Gasteiger partial charge in [-0.25, -0.2) is 0 Å². The van der Waals surface area contributed by atoms with Gasteiger partial charge in [0.15, 0.2) is 0 Å². The van der Waals surface area contributed by atoms with E-state index in [1.165, 1.54) is 0 Å². The van der Waals surface area contributed by atoms with Crippen LogP contribution in [0.4, 0.5) is 0 Å². The lowest BCUT2D eigenvalue weighted by Crippen LogP contribution is -2.39. The molecule has 0 spiro atoms. The van der Waals surface area contributed by atoms with Gasteiger partial charge in [-0.1, -0.05) is 6.92 Å². The molecule has 4 heteroatoms. The third kappa shape index (κ3) is 2.47. The molecule has 1 aromatic heterocycles. The molecular formula is C14H19NO3. The Morgan fingerprint density at radius 1 is 1.44 bits per heavy atom. The van der Waals surface area contributed by atoms with Crippen LogP contribution in [-0.4, -0.2) is 29.7 Å². The Bertz CT molecular complexity index is 440. The molecule has 0 unspecified atom stereocenters. The van der Waals surface area contributed by atoms with Gasteiger partial charge in [0.25, 0.3) is 5.91 Å². The Morgan fingerprint density at radius 2 is 2.11 bits per heavy atom. The molecule has 98 valence electrons. The third-order valence-corrected chi connectivity index (χ3v) is 3.68. The summed E-state index contributed by atoms with van der Waals surface area (Å²) in [6.07, 6.45) is 5.01. The highest BCUT2D eigenvalue weighted by Crippen LogP contribution is 2.22. The quantitative estimate of drug-likeness (QED) is 0.826. The van der Waals surface area contributed by atoms with Crippen LogP contribution in [0.5, 0.6) is 0 Å². The molecule has 0 bridgehead atoms. The summed E-state index contributed by atoms with van der Waals surface area (Å²) >= 11 is 0. The highest BCUT2D eigenvalue weighted by Gasteiger charge is 2.27. The van der Waals surface area contributed by atoms with Gasteiger partial charge < -0.3 is 9.32 Å². The zero-order valence-electron chi connectivity index (χ0n) is 10.9. The van der Waals surface area contributed by atoms with E-state index in [2.05, 4.69) is 0 Å². The van der Waals surface area contributed by atoms with Gasteiger partial charge in [-0.15, -0.1) is 0 Å². The van der Waals surface area contributed by atoms with E-state index in [0.717, 1.165) is 18.6 Å². The van der Waals surface area contributed by atoms with Crippen molar-refractivity contribution in [1.29, 1.82) is 0 Å². The number of hydrogen-bond acceptors (Lipinski definition) is 3. The number of ketones is 1. The molecule has 18 heavy (non-hydrogen) atoms. The van der Waals surface area contributed by atoms with Crippen LogP contribution in [0, 0.1) is 0 Å². The molecular weight excluding hydrogens is 230 g/mol. The Kier molecular flexibility index (Phi) is 3.84. The zero-order chi connectivity index (χ0) is 13.1. The van der Waals surface area contributed by atoms with E-state index in [9.17, 15) is 9.59 Å². The molecule has 1 amide bonds. The second-order valence-corrected chi connectivity index (χ2v) is 4.80. The van der Waals surface area contributed by atoms with Gasteiger partial charge in [0.2, 0.25) is 0 Å². The van der Waals surface area contributed by atoms with Crippen LogP contribution < -0.4 is 0 Å². The first-order valence-electron chi connectivity index (χ1n) is 6.48. The van der Waals surface area contributed by atoms with Crippen molar-refractivity contribution >= 4 is 11.7 Å². The highest BCUT2D eigenvalue weighted by molar-refractivity contribution is 5.95. The van der Waals surface area contributed by atoms with Crippen molar-refractivity contribution in [2.45, 2.75) is 45.1 Å². The maximum absolute atomic E-state index is 12.3. The maximum atomic E-state index is 12.3. The van der Waals surface area contributed by atoms with Gasteiger partial charge in [-0.2, -0.15) is 0 Å². The van der Waals surface area contributed by atoms with E-state index >= 15 is 0 Å². The smallest absolute Gasteiger partial charge is 0.257 e. The van der Waals surface area contributed by atoms with Crippen molar-refractivity contribution in [2.24, 2.45) is 0 Å². The molecule has 2 rings (SSSR count). The Morgan fingerprint density at radius 3 is 2.72 bits per heavy atom. The normalized spacial score (nSPS) is 16.9. The Balaban J connectivity index is 2.07. The molecule has 0 N–H and O–H groups in total.